The zero-order valence-corrected chi connectivity index (χ0v) is 11.7. The van der Waals surface area contributed by atoms with E-state index in [2.05, 4.69) is 18.0 Å². The molecule has 0 saturated heterocycles. The molecule has 0 fully saturated rings. The summed E-state index contributed by atoms with van der Waals surface area (Å²) in [6, 6.07) is 7.97. The van der Waals surface area contributed by atoms with Crippen molar-refractivity contribution in [3.8, 4) is 17.6 Å². The molecule has 4 nitrogen and oxygen atoms in total. The van der Waals surface area contributed by atoms with Gasteiger partial charge >= 0.3 is 0 Å². The molecule has 102 valence electrons. The molecule has 1 unspecified atom stereocenters. The van der Waals surface area contributed by atoms with Crippen LogP contribution in [0.3, 0.4) is 0 Å². The highest BCUT2D eigenvalue weighted by Crippen LogP contribution is 2.28. The number of nitrogens with zero attached hydrogens (tertiary/aromatic N) is 1. The Balaban J connectivity index is 2.92. The number of hydrogen-bond donors (Lipinski definition) is 1. The molecule has 0 aliphatic heterocycles. The summed E-state index contributed by atoms with van der Waals surface area (Å²) in [6.45, 7) is 6.11. The summed E-state index contributed by atoms with van der Waals surface area (Å²) in [5.74, 6) is 1.35. The first-order chi connectivity index (χ1) is 9.08. The van der Waals surface area contributed by atoms with Crippen LogP contribution in [0, 0.1) is 11.3 Å². The normalized spacial score (nSPS) is 13.2. The van der Waals surface area contributed by atoms with E-state index in [-0.39, 0.29) is 0 Å². The standard InChI is InChI=1S/C15H20N2O2/c1-5-8-17-15(2,11-16)10-12-6-7-13(18-3)14(9-12)19-4/h5-7,9,17H,1,8,10H2,2-4H3. The second-order valence-corrected chi connectivity index (χ2v) is 4.48. The zero-order valence-electron chi connectivity index (χ0n) is 11.7. The Hall–Kier alpha value is -1.99. The molecule has 19 heavy (non-hydrogen) atoms. The van der Waals surface area contributed by atoms with Gasteiger partial charge in [0.05, 0.1) is 20.3 Å². The third-order valence-electron chi connectivity index (χ3n) is 2.89. The van der Waals surface area contributed by atoms with E-state index in [9.17, 15) is 5.26 Å². The molecule has 0 aromatic heterocycles. The molecule has 1 atom stereocenters. The lowest BCUT2D eigenvalue weighted by Gasteiger charge is -2.23. The molecule has 0 saturated carbocycles. The van der Waals surface area contributed by atoms with Crippen LogP contribution >= 0.6 is 0 Å². The predicted octanol–water partition coefficient (Wildman–Crippen LogP) is 2.30. The number of rotatable bonds is 7. The molecule has 1 aromatic carbocycles. The highest BCUT2D eigenvalue weighted by atomic mass is 16.5. The van der Waals surface area contributed by atoms with E-state index in [0.29, 0.717) is 24.5 Å². The first-order valence-electron chi connectivity index (χ1n) is 6.06. The second-order valence-electron chi connectivity index (χ2n) is 4.48. The van der Waals surface area contributed by atoms with Gasteiger partial charge in [-0.1, -0.05) is 12.1 Å². The van der Waals surface area contributed by atoms with Gasteiger partial charge in [-0.3, -0.25) is 5.32 Å². The first-order valence-corrected chi connectivity index (χ1v) is 6.06. The van der Waals surface area contributed by atoms with Crippen molar-refractivity contribution >= 4 is 0 Å². The van der Waals surface area contributed by atoms with E-state index in [1.807, 2.05) is 25.1 Å². The lowest BCUT2D eigenvalue weighted by molar-refractivity contribution is 0.354. The van der Waals surface area contributed by atoms with Gasteiger partial charge in [-0.15, -0.1) is 6.58 Å². The largest absolute Gasteiger partial charge is 0.493 e. The topological polar surface area (TPSA) is 54.3 Å². The van der Waals surface area contributed by atoms with Crippen LogP contribution in [0.1, 0.15) is 12.5 Å². The van der Waals surface area contributed by atoms with Gasteiger partial charge in [0, 0.05) is 13.0 Å². The summed E-state index contributed by atoms with van der Waals surface area (Å²) in [5, 5.41) is 12.5. The summed E-state index contributed by atoms with van der Waals surface area (Å²) < 4.78 is 10.5. The molecule has 0 bridgehead atoms. The fraction of sp³-hybridized carbons (Fsp3) is 0.400. The lowest BCUT2D eigenvalue weighted by Crippen LogP contribution is -2.43. The number of benzene rings is 1. The number of nitriles is 1. The highest BCUT2D eigenvalue weighted by molar-refractivity contribution is 5.43. The van der Waals surface area contributed by atoms with Crippen molar-refractivity contribution < 1.29 is 9.47 Å². The fourth-order valence-corrected chi connectivity index (χ4v) is 1.84. The van der Waals surface area contributed by atoms with Gasteiger partial charge in [-0.25, -0.2) is 0 Å². The van der Waals surface area contributed by atoms with Gasteiger partial charge in [0.15, 0.2) is 11.5 Å². The van der Waals surface area contributed by atoms with E-state index < -0.39 is 5.54 Å². The average molecular weight is 260 g/mol. The fourth-order valence-electron chi connectivity index (χ4n) is 1.84. The third kappa shape index (κ3) is 4.01. The summed E-state index contributed by atoms with van der Waals surface area (Å²) in [4.78, 5) is 0. The van der Waals surface area contributed by atoms with Crippen LogP contribution in [0.4, 0.5) is 0 Å². The molecule has 0 aliphatic rings. The van der Waals surface area contributed by atoms with Gasteiger partial charge < -0.3 is 9.47 Å². The molecule has 0 amide bonds. The smallest absolute Gasteiger partial charge is 0.160 e. The second kappa shape index (κ2) is 6.81. The highest BCUT2D eigenvalue weighted by Gasteiger charge is 2.23. The quantitative estimate of drug-likeness (QED) is 0.764. The van der Waals surface area contributed by atoms with Crippen molar-refractivity contribution in [3.05, 3.63) is 36.4 Å². The maximum absolute atomic E-state index is 9.30. The molecule has 1 N–H and O–H groups in total. The Labute approximate surface area is 114 Å². The molecule has 0 heterocycles. The number of nitrogens with one attached hydrogen (secondary N) is 1. The lowest BCUT2D eigenvalue weighted by atomic mass is 9.94. The van der Waals surface area contributed by atoms with E-state index in [4.69, 9.17) is 9.47 Å². The number of hydrogen-bond acceptors (Lipinski definition) is 4. The molecular weight excluding hydrogens is 240 g/mol. The molecule has 1 rings (SSSR count). The van der Waals surface area contributed by atoms with Crippen molar-refractivity contribution in [1.82, 2.24) is 5.32 Å². The van der Waals surface area contributed by atoms with Crippen molar-refractivity contribution in [2.45, 2.75) is 18.9 Å². The van der Waals surface area contributed by atoms with Gasteiger partial charge in [0.1, 0.15) is 5.54 Å². The van der Waals surface area contributed by atoms with Gasteiger partial charge in [0.25, 0.3) is 0 Å². The maximum Gasteiger partial charge on any atom is 0.160 e. The minimum Gasteiger partial charge on any atom is -0.493 e. The van der Waals surface area contributed by atoms with Crippen molar-refractivity contribution in [3.63, 3.8) is 0 Å². The average Bonchev–Trinajstić information content (AvgIpc) is 2.45. The van der Waals surface area contributed by atoms with Gasteiger partial charge in [-0.2, -0.15) is 5.26 Å². The minimum absolute atomic E-state index is 0.581. The van der Waals surface area contributed by atoms with Gasteiger partial charge in [0.2, 0.25) is 0 Å². The predicted molar refractivity (Wildman–Crippen MR) is 75.5 cm³/mol. The van der Waals surface area contributed by atoms with E-state index in [1.165, 1.54) is 0 Å². The van der Waals surface area contributed by atoms with Crippen LogP contribution in [-0.4, -0.2) is 26.3 Å². The maximum atomic E-state index is 9.30. The van der Waals surface area contributed by atoms with E-state index in [0.717, 1.165) is 5.56 Å². The van der Waals surface area contributed by atoms with Crippen molar-refractivity contribution in [2.24, 2.45) is 0 Å². The minimum atomic E-state index is -0.631. The molecule has 1 aromatic rings. The third-order valence-corrected chi connectivity index (χ3v) is 2.89. The van der Waals surface area contributed by atoms with Crippen molar-refractivity contribution in [2.75, 3.05) is 20.8 Å². The zero-order chi connectivity index (χ0) is 14.3. The van der Waals surface area contributed by atoms with Crippen LogP contribution in [0.25, 0.3) is 0 Å². The van der Waals surface area contributed by atoms with Crippen LogP contribution < -0.4 is 14.8 Å². The Morgan fingerprint density at radius 2 is 2.05 bits per heavy atom. The Morgan fingerprint density at radius 1 is 1.37 bits per heavy atom. The summed E-state index contributed by atoms with van der Waals surface area (Å²) in [6.07, 6.45) is 2.32. The molecule has 0 aliphatic carbocycles. The monoisotopic (exact) mass is 260 g/mol. The van der Waals surface area contributed by atoms with Crippen LogP contribution in [0.5, 0.6) is 11.5 Å². The number of methoxy groups -OCH3 is 2. The van der Waals surface area contributed by atoms with Crippen molar-refractivity contribution in [1.29, 1.82) is 5.26 Å². The molecule has 0 spiro atoms. The molecule has 4 heteroatoms. The summed E-state index contributed by atoms with van der Waals surface area (Å²) in [5.41, 5.74) is 0.381. The number of ether oxygens (including phenoxy) is 2. The molecule has 0 radical (unpaired) electrons. The van der Waals surface area contributed by atoms with Crippen LogP contribution in [-0.2, 0) is 6.42 Å². The first kappa shape index (κ1) is 15.1. The van der Waals surface area contributed by atoms with Gasteiger partial charge in [-0.05, 0) is 24.6 Å². The SMILES string of the molecule is C=CCNC(C)(C#N)Cc1ccc(OC)c(OC)c1. The Kier molecular flexibility index (Phi) is 5.40. The van der Waals surface area contributed by atoms with Crippen LogP contribution in [0.2, 0.25) is 0 Å². The van der Waals surface area contributed by atoms with E-state index >= 15 is 0 Å². The molecular formula is C15H20N2O2. The Bertz CT molecular complexity index is 480. The van der Waals surface area contributed by atoms with Crippen LogP contribution in [0.15, 0.2) is 30.9 Å². The van der Waals surface area contributed by atoms with E-state index in [1.54, 1.807) is 20.3 Å². The summed E-state index contributed by atoms with van der Waals surface area (Å²) >= 11 is 0. The Morgan fingerprint density at radius 3 is 2.58 bits per heavy atom. The summed E-state index contributed by atoms with van der Waals surface area (Å²) in [7, 11) is 3.20.